The van der Waals surface area contributed by atoms with Crippen LogP contribution < -0.4 is 10.6 Å². The minimum Gasteiger partial charge on any atom is -0.338 e. The molecule has 0 spiro atoms. The lowest BCUT2D eigenvalue weighted by atomic mass is 10.1. The van der Waals surface area contributed by atoms with Crippen molar-refractivity contribution in [3.8, 4) is 0 Å². The highest BCUT2D eigenvalue weighted by Gasteiger charge is 2.34. The lowest BCUT2D eigenvalue weighted by Gasteiger charge is -2.19. The Hall–Kier alpha value is -1.97. The number of carbonyl (C=O) groups is 1. The first kappa shape index (κ1) is 21.3. The summed E-state index contributed by atoms with van der Waals surface area (Å²) in [6.45, 7) is 1.34. The maximum atomic E-state index is 12.7. The topological polar surface area (TPSA) is 44.4 Å². The van der Waals surface area contributed by atoms with E-state index in [0.717, 1.165) is 12.1 Å². The lowest BCUT2D eigenvalue weighted by molar-refractivity contribution is -0.143. The number of nitrogens with one attached hydrogen (secondary N) is 2. The van der Waals surface area contributed by atoms with Gasteiger partial charge in [-0.05, 0) is 43.5 Å². The average molecular weight is 397 g/mol. The second-order valence-corrected chi connectivity index (χ2v) is 6.70. The summed E-state index contributed by atoms with van der Waals surface area (Å²) in [7, 11) is 0. The van der Waals surface area contributed by atoms with Crippen LogP contribution >= 0.6 is 0 Å². The van der Waals surface area contributed by atoms with Gasteiger partial charge in [-0.1, -0.05) is 12.1 Å². The van der Waals surface area contributed by atoms with Crippen LogP contribution in [-0.2, 0) is 6.18 Å². The normalized spacial score (nSPS) is 19.7. The number of alkyl halides is 6. The van der Waals surface area contributed by atoms with Gasteiger partial charge in [0.15, 0.2) is 0 Å². The fourth-order valence-corrected chi connectivity index (χ4v) is 3.03. The molecule has 0 radical (unpaired) electrons. The molecule has 152 valence electrons. The summed E-state index contributed by atoms with van der Waals surface area (Å²) in [5, 5.41) is 5.11. The maximum absolute atomic E-state index is 12.7. The summed E-state index contributed by atoms with van der Waals surface area (Å²) in [6, 6.07) is 3.43. The van der Waals surface area contributed by atoms with Crippen molar-refractivity contribution < 1.29 is 31.1 Å². The molecular weight excluding hydrogens is 376 g/mol. The Morgan fingerprint density at radius 3 is 2.59 bits per heavy atom. The van der Waals surface area contributed by atoms with E-state index in [2.05, 4.69) is 10.6 Å². The highest BCUT2D eigenvalue weighted by atomic mass is 19.4. The molecule has 0 aliphatic carbocycles. The number of rotatable bonds is 5. The second-order valence-electron chi connectivity index (χ2n) is 6.70. The Kier molecular flexibility index (Phi) is 6.61. The molecule has 1 aromatic rings. The summed E-state index contributed by atoms with van der Waals surface area (Å²) < 4.78 is 75.3. The van der Waals surface area contributed by atoms with E-state index in [1.54, 1.807) is 6.92 Å². The molecule has 2 atom stereocenters. The van der Waals surface area contributed by atoms with Gasteiger partial charge in [0.2, 0.25) is 0 Å². The van der Waals surface area contributed by atoms with Gasteiger partial charge in [0, 0.05) is 13.1 Å². The van der Waals surface area contributed by atoms with Gasteiger partial charge in [0.1, 0.15) is 0 Å². The number of hydrogen-bond donors (Lipinski definition) is 2. The smallest absolute Gasteiger partial charge is 0.338 e. The third kappa shape index (κ3) is 6.93. The third-order valence-electron chi connectivity index (χ3n) is 4.39. The van der Waals surface area contributed by atoms with Crippen LogP contribution in [0.3, 0.4) is 0 Å². The number of benzene rings is 1. The number of likely N-dealkylation sites (tertiary alicyclic amines) is 1. The standard InChI is InChI=1S/C17H21F6N3O/c1-11(13-3-2-4-14(7-13)17(21,22)23)25-15(27)24-8-12-5-6-26(9-12)10-16(18,19)20/h2-4,7,11-12H,5-6,8-10H2,1H3,(H2,24,25,27). The number of urea groups is 1. The molecule has 2 rings (SSSR count). The van der Waals surface area contributed by atoms with Gasteiger partial charge in [-0.2, -0.15) is 26.3 Å². The van der Waals surface area contributed by atoms with Crippen LogP contribution in [0.1, 0.15) is 30.5 Å². The summed E-state index contributed by atoms with van der Waals surface area (Å²) in [5.41, 5.74) is -0.498. The Morgan fingerprint density at radius 1 is 1.26 bits per heavy atom. The zero-order chi connectivity index (χ0) is 20.2. The molecule has 2 amide bonds. The average Bonchev–Trinajstić information content (AvgIpc) is 2.97. The van der Waals surface area contributed by atoms with Gasteiger partial charge in [0.25, 0.3) is 0 Å². The van der Waals surface area contributed by atoms with Crippen molar-refractivity contribution in [1.29, 1.82) is 0 Å². The predicted octanol–water partition coefficient (Wildman–Crippen LogP) is 3.95. The first-order valence-corrected chi connectivity index (χ1v) is 8.44. The minimum atomic E-state index is -4.47. The highest BCUT2D eigenvalue weighted by molar-refractivity contribution is 5.74. The van der Waals surface area contributed by atoms with E-state index >= 15 is 0 Å². The summed E-state index contributed by atoms with van der Waals surface area (Å²) in [4.78, 5) is 13.2. The number of hydrogen-bond acceptors (Lipinski definition) is 2. The number of amides is 2. The molecule has 1 fully saturated rings. The summed E-state index contributed by atoms with van der Waals surface area (Å²) in [6.07, 6.45) is -8.18. The van der Waals surface area contributed by atoms with Crippen molar-refractivity contribution in [2.24, 2.45) is 5.92 Å². The van der Waals surface area contributed by atoms with E-state index in [1.807, 2.05) is 0 Å². The van der Waals surface area contributed by atoms with Gasteiger partial charge in [-0.25, -0.2) is 4.79 Å². The first-order chi connectivity index (χ1) is 12.4. The summed E-state index contributed by atoms with van der Waals surface area (Å²) in [5.74, 6) is -0.0954. The number of halogens is 6. The van der Waals surface area contributed by atoms with Crippen molar-refractivity contribution in [2.45, 2.75) is 31.7 Å². The van der Waals surface area contributed by atoms with E-state index in [-0.39, 0.29) is 19.0 Å². The molecule has 2 N–H and O–H groups in total. The predicted molar refractivity (Wildman–Crippen MR) is 87.0 cm³/mol. The van der Waals surface area contributed by atoms with Crippen LogP contribution in [-0.4, -0.2) is 43.3 Å². The largest absolute Gasteiger partial charge is 0.416 e. The van der Waals surface area contributed by atoms with E-state index in [9.17, 15) is 31.1 Å². The monoisotopic (exact) mass is 397 g/mol. The molecule has 1 aromatic carbocycles. The molecule has 2 unspecified atom stereocenters. The van der Waals surface area contributed by atoms with E-state index in [0.29, 0.717) is 18.5 Å². The van der Waals surface area contributed by atoms with Crippen LogP contribution in [0.4, 0.5) is 31.1 Å². The third-order valence-corrected chi connectivity index (χ3v) is 4.39. The number of nitrogens with zero attached hydrogens (tertiary/aromatic N) is 1. The zero-order valence-corrected chi connectivity index (χ0v) is 14.6. The van der Waals surface area contributed by atoms with Crippen LogP contribution in [0.15, 0.2) is 24.3 Å². The van der Waals surface area contributed by atoms with E-state index < -0.39 is 36.5 Å². The lowest BCUT2D eigenvalue weighted by Crippen LogP contribution is -2.40. The Balaban J connectivity index is 1.79. The Labute approximate surface area is 152 Å². The van der Waals surface area contributed by atoms with Gasteiger partial charge >= 0.3 is 18.4 Å². The quantitative estimate of drug-likeness (QED) is 0.739. The molecule has 1 aliphatic heterocycles. The van der Waals surface area contributed by atoms with Crippen LogP contribution in [0.2, 0.25) is 0 Å². The van der Waals surface area contributed by atoms with Crippen molar-refractivity contribution >= 4 is 6.03 Å². The highest BCUT2D eigenvalue weighted by Crippen LogP contribution is 2.30. The minimum absolute atomic E-state index is 0.0954. The molecule has 0 aromatic heterocycles. The summed E-state index contributed by atoms with van der Waals surface area (Å²) >= 11 is 0. The van der Waals surface area contributed by atoms with E-state index in [1.165, 1.54) is 17.0 Å². The molecule has 1 aliphatic rings. The van der Waals surface area contributed by atoms with Gasteiger partial charge in [-0.3, -0.25) is 4.90 Å². The SMILES string of the molecule is CC(NC(=O)NCC1CCN(CC(F)(F)F)C1)c1cccc(C(F)(F)F)c1. The molecule has 10 heteroatoms. The maximum Gasteiger partial charge on any atom is 0.416 e. The van der Waals surface area contributed by atoms with Gasteiger partial charge in [0.05, 0.1) is 18.2 Å². The van der Waals surface area contributed by atoms with Crippen molar-refractivity contribution in [3.63, 3.8) is 0 Å². The van der Waals surface area contributed by atoms with Crippen LogP contribution in [0.5, 0.6) is 0 Å². The Bertz CT molecular complexity index is 646. The molecular formula is C17H21F6N3O. The molecule has 1 heterocycles. The van der Waals surface area contributed by atoms with Crippen LogP contribution in [0, 0.1) is 5.92 Å². The zero-order valence-electron chi connectivity index (χ0n) is 14.6. The Morgan fingerprint density at radius 2 is 1.96 bits per heavy atom. The fourth-order valence-electron chi connectivity index (χ4n) is 3.03. The second kappa shape index (κ2) is 8.37. The molecule has 27 heavy (non-hydrogen) atoms. The van der Waals surface area contributed by atoms with Crippen molar-refractivity contribution in [2.75, 3.05) is 26.2 Å². The molecule has 0 saturated carbocycles. The molecule has 0 bridgehead atoms. The van der Waals surface area contributed by atoms with Gasteiger partial charge in [-0.15, -0.1) is 0 Å². The van der Waals surface area contributed by atoms with Crippen molar-refractivity contribution in [3.05, 3.63) is 35.4 Å². The molecule has 4 nitrogen and oxygen atoms in total. The molecule has 1 saturated heterocycles. The van der Waals surface area contributed by atoms with Gasteiger partial charge < -0.3 is 10.6 Å². The van der Waals surface area contributed by atoms with E-state index in [4.69, 9.17) is 0 Å². The van der Waals surface area contributed by atoms with Crippen LogP contribution in [0.25, 0.3) is 0 Å². The first-order valence-electron chi connectivity index (χ1n) is 8.44. The van der Waals surface area contributed by atoms with Crippen molar-refractivity contribution in [1.82, 2.24) is 15.5 Å². The number of carbonyl (C=O) groups excluding carboxylic acids is 1. The fraction of sp³-hybridized carbons (Fsp3) is 0.588.